The summed E-state index contributed by atoms with van der Waals surface area (Å²) in [5.41, 5.74) is 1.18. The molecule has 9 aromatic rings. The van der Waals surface area contributed by atoms with Crippen LogP contribution in [0.3, 0.4) is 0 Å². The fourth-order valence-corrected chi connectivity index (χ4v) is 6.38. The third kappa shape index (κ3) is 5.96. The third-order valence-electron chi connectivity index (χ3n) is 8.90. The molecule has 0 fully saturated rings. The summed E-state index contributed by atoms with van der Waals surface area (Å²) in [5.74, 6) is 0. The van der Waals surface area contributed by atoms with Crippen molar-refractivity contribution in [3.05, 3.63) is 212 Å². The van der Waals surface area contributed by atoms with Crippen molar-refractivity contribution in [3.63, 3.8) is 0 Å². The monoisotopic (exact) mass is 661 g/mol. The molecule has 0 radical (unpaired) electrons. The van der Waals surface area contributed by atoms with E-state index in [1.54, 1.807) is 54.6 Å². The first-order valence-corrected chi connectivity index (χ1v) is 16.5. The van der Waals surface area contributed by atoms with Crippen LogP contribution in [0.4, 0.5) is 17.1 Å². The van der Waals surface area contributed by atoms with Crippen molar-refractivity contribution in [2.24, 2.45) is 0 Å². The molecule has 0 bridgehead atoms. The molecule has 0 aromatic heterocycles. The summed E-state index contributed by atoms with van der Waals surface area (Å²) in [6.07, 6.45) is 0. The maximum Gasteiger partial charge on any atom is 0.0651 e. The van der Waals surface area contributed by atoms with Crippen LogP contribution < -0.4 is 4.90 Å². The SMILES string of the molecule is [2H]c1c([2H])c(-c2cccc3ccccc23)c([2H])c(N(c2c([2H])c([2H])c(-c3ccc(-c4ccccc4)cc3)c([2H])c2[2H])c2c([2H])c([2H])c(-c3cccc4ccccc34)c([2H])c2[2H])c1[2H]. The average molecular weight is 662 g/mol. The zero-order valence-corrected chi connectivity index (χ0v) is 27.2. The molecule has 0 heterocycles. The van der Waals surface area contributed by atoms with Gasteiger partial charge < -0.3 is 4.90 Å². The lowest BCUT2D eigenvalue weighted by Crippen LogP contribution is -2.10. The Labute approximate surface area is 316 Å². The van der Waals surface area contributed by atoms with E-state index >= 15 is 0 Å². The van der Waals surface area contributed by atoms with Crippen LogP contribution in [-0.4, -0.2) is 0 Å². The van der Waals surface area contributed by atoms with Crippen molar-refractivity contribution < 1.29 is 16.4 Å². The van der Waals surface area contributed by atoms with Crippen LogP contribution in [0, 0.1) is 0 Å². The Bertz CT molecular complexity index is 3250. The smallest absolute Gasteiger partial charge is 0.0651 e. The fraction of sp³-hybridized carbons (Fsp3) is 0. The molecule has 0 aliphatic heterocycles. The topological polar surface area (TPSA) is 3.24 Å². The van der Waals surface area contributed by atoms with E-state index in [0.29, 0.717) is 27.5 Å². The summed E-state index contributed by atoms with van der Waals surface area (Å²) in [6.45, 7) is 0. The minimum absolute atomic E-state index is 0.0318. The first-order valence-electron chi connectivity index (χ1n) is 22.5. The Balaban J connectivity index is 1.36. The Morgan fingerprint density at radius 2 is 0.784 bits per heavy atom. The Hall–Kier alpha value is -6.70. The molecule has 0 unspecified atom stereocenters. The summed E-state index contributed by atoms with van der Waals surface area (Å²) < 4.78 is 113. The lowest BCUT2D eigenvalue weighted by Gasteiger charge is -2.26. The zero-order chi connectivity index (χ0) is 44.4. The third-order valence-corrected chi connectivity index (χ3v) is 8.90. The highest BCUT2D eigenvalue weighted by Crippen LogP contribution is 2.40. The largest absolute Gasteiger partial charge is 0.310 e. The van der Waals surface area contributed by atoms with Crippen molar-refractivity contribution in [3.8, 4) is 44.5 Å². The molecular formula is C50H35N. The minimum atomic E-state index is -0.721. The molecule has 51 heavy (non-hydrogen) atoms. The molecule has 9 rings (SSSR count). The number of hydrogen-bond acceptors (Lipinski definition) is 1. The highest BCUT2D eigenvalue weighted by atomic mass is 15.1. The summed E-state index contributed by atoms with van der Waals surface area (Å²) in [5, 5.41) is 2.87. The summed E-state index contributed by atoms with van der Waals surface area (Å²) in [6, 6.07) is 34.8. The lowest BCUT2D eigenvalue weighted by molar-refractivity contribution is 1.28. The normalized spacial score (nSPS) is 14.4. The number of hydrogen-bond donors (Lipinski definition) is 0. The fourth-order valence-electron chi connectivity index (χ4n) is 6.38. The van der Waals surface area contributed by atoms with Crippen molar-refractivity contribution >= 4 is 38.6 Å². The molecule has 1 heteroatoms. The van der Waals surface area contributed by atoms with Gasteiger partial charge in [-0.15, -0.1) is 0 Å². The molecule has 0 N–H and O–H groups in total. The quantitative estimate of drug-likeness (QED) is 0.164. The molecule has 1 nitrogen and oxygen atoms in total. The highest BCUT2D eigenvalue weighted by molar-refractivity contribution is 5.98. The maximum atomic E-state index is 9.80. The molecule has 240 valence electrons. The zero-order valence-electron chi connectivity index (χ0n) is 39.2. The van der Waals surface area contributed by atoms with E-state index in [0.717, 1.165) is 26.8 Å². The number of fused-ring (bicyclic) bond motifs is 2. The van der Waals surface area contributed by atoms with Gasteiger partial charge in [-0.2, -0.15) is 0 Å². The number of benzene rings is 9. The van der Waals surface area contributed by atoms with Crippen LogP contribution in [0.1, 0.15) is 16.4 Å². The highest BCUT2D eigenvalue weighted by Gasteiger charge is 2.15. The molecule has 0 atom stereocenters. The van der Waals surface area contributed by atoms with Crippen LogP contribution in [0.15, 0.2) is 212 Å². The Kier molecular flexibility index (Phi) is 5.24. The van der Waals surface area contributed by atoms with Gasteiger partial charge in [-0.1, -0.05) is 176 Å². The predicted molar refractivity (Wildman–Crippen MR) is 218 cm³/mol. The molecule has 0 saturated heterocycles. The van der Waals surface area contributed by atoms with Crippen LogP contribution in [0.2, 0.25) is 0 Å². The molecular weight excluding hydrogens is 615 g/mol. The van der Waals surface area contributed by atoms with E-state index in [9.17, 15) is 13.7 Å². The molecule has 0 aliphatic rings. The van der Waals surface area contributed by atoms with Gasteiger partial charge in [0.25, 0.3) is 0 Å². The van der Waals surface area contributed by atoms with Crippen LogP contribution >= 0.6 is 0 Å². The first-order chi connectivity index (χ1) is 30.3. The average Bonchev–Trinajstić information content (AvgIpc) is 3.30. The van der Waals surface area contributed by atoms with E-state index in [2.05, 4.69) is 0 Å². The molecule has 0 spiro atoms. The van der Waals surface area contributed by atoms with Crippen molar-refractivity contribution in [2.75, 3.05) is 4.90 Å². The van der Waals surface area contributed by atoms with E-state index in [-0.39, 0.29) is 16.7 Å². The van der Waals surface area contributed by atoms with E-state index in [4.69, 9.17) is 2.74 Å². The van der Waals surface area contributed by atoms with Crippen LogP contribution in [0.25, 0.3) is 66.1 Å². The Morgan fingerprint density at radius 1 is 0.314 bits per heavy atom. The van der Waals surface area contributed by atoms with Crippen LogP contribution in [0.5, 0.6) is 0 Å². The van der Waals surface area contributed by atoms with Crippen molar-refractivity contribution in [1.29, 1.82) is 0 Å². The van der Waals surface area contributed by atoms with E-state index in [1.165, 1.54) is 0 Å². The van der Waals surface area contributed by atoms with Gasteiger partial charge >= 0.3 is 0 Å². The van der Waals surface area contributed by atoms with Gasteiger partial charge in [0.1, 0.15) is 0 Å². The van der Waals surface area contributed by atoms with Crippen molar-refractivity contribution in [1.82, 2.24) is 0 Å². The summed E-state index contributed by atoms with van der Waals surface area (Å²) in [7, 11) is 0. The number of nitrogens with zero attached hydrogens (tertiary/aromatic N) is 1. The summed E-state index contributed by atoms with van der Waals surface area (Å²) >= 11 is 0. The minimum Gasteiger partial charge on any atom is -0.310 e. The van der Waals surface area contributed by atoms with Gasteiger partial charge in [0.2, 0.25) is 0 Å². The van der Waals surface area contributed by atoms with Gasteiger partial charge in [0, 0.05) is 17.1 Å². The van der Waals surface area contributed by atoms with Crippen LogP contribution in [-0.2, 0) is 0 Å². The molecule has 0 aliphatic carbocycles. The standard InChI is InChI=1S/C50H35N/c1-2-11-36(12-3-1)37-23-25-38(26-24-37)39-27-31-44(32-28-39)51(45-33-29-42(30-34-45)49-21-9-15-40-13-4-6-19-47(40)49)46-18-8-17-43(35-46)50-22-10-16-41-14-5-7-20-48(41)50/h1-35H/i8D,17D,18D,27D,28D,29D,30D,31D,32D,33D,34D,35D. The second-order valence-electron chi connectivity index (χ2n) is 12.0. The van der Waals surface area contributed by atoms with Gasteiger partial charge in [-0.05, 0) is 102 Å². The first kappa shape index (κ1) is 20.1. The predicted octanol–water partition coefficient (Wildman–Crippen LogP) is 14.1. The molecule has 9 aromatic carbocycles. The second kappa shape index (κ2) is 13.3. The van der Waals surface area contributed by atoms with Gasteiger partial charge in [0.05, 0.1) is 16.4 Å². The number of rotatable bonds is 7. The summed E-state index contributed by atoms with van der Waals surface area (Å²) in [4.78, 5) is 0.896. The van der Waals surface area contributed by atoms with E-state index in [1.807, 2.05) is 84.9 Å². The number of anilines is 3. The van der Waals surface area contributed by atoms with Crippen molar-refractivity contribution in [2.45, 2.75) is 0 Å². The van der Waals surface area contributed by atoms with E-state index < -0.39 is 89.6 Å². The van der Waals surface area contributed by atoms with Gasteiger partial charge in [-0.3, -0.25) is 0 Å². The second-order valence-corrected chi connectivity index (χ2v) is 12.0. The molecule has 0 amide bonds. The lowest BCUT2D eigenvalue weighted by atomic mass is 9.97. The van der Waals surface area contributed by atoms with Gasteiger partial charge in [0.15, 0.2) is 0 Å². The Morgan fingerprint density at radius 3 is 1.39 bits per heavy atom. The molecule has 0 saturated carbocycles. The maximum absolute atomic E-state index is 9.80. The van der Waals surface area contributed by atoms with Gasteiger partial charge in [-0.25, -0.2) is 0 Å².